The minimum absolute atomic E-state index is 0.972. The van der Waals surface area contributed by atoms with Crippen LogP contribution in [0.15, 0.2) is 0 Å². The molecular formula is C16H41NOSi3. The molecule has 0 saturated carbocycles. The van der Waals surface area contributed by atoms with E-state index in [0.717, 1.165) is 13.0 Å². The molecule has 0 fully saturated rings. The van der Waals surface area contributed by atoms with Gasteiger partial charge >= 0.3 is 0 Å². The van der Waals surface area contributed by atoms with Crippen molar-refractivity contribution in [1.29, 1.82) is 0 Å². The van der Waals surface area contributed by atoms with Gasteiger partial charge < -0.3 is 8.66 Å². The van der Waals surface area contributed by atoms with Gasteiger partial charge in [0.25, 0.3) is 0 Å². The van der Waals surface area contributed by atoms with Gasteiger partial charge in [-0.15, -0.1) is 0 Å². The molecule has 0 heterocycles. The lowest BCUT2D eigenvalue weighted by Gasteiger charge is -2.44. The van der Waals surface area contributed by atoms with Crippen molar-refractivity contribution < 1.29 is 4.43 Å². The van der Waals surface area contributed by atoms with E-state index in [1.807, 2.05) is 0 Å². The summed E-state index contributed by atoms with van der Waals surface area (Å²) >= 11 is 0. The standard InChI is InChI=1S/C16H41NOSi3/c1-10-15-18-21(11-2,12-3)16-13-14-17(19(4,5)6)20(7,8)9/h10-16H2,1-9H3. The van der Waals surface area contributed by atoms with Crippen molar-refractivity contribution in [3.8, 4) is 0 Å². The summed E-state index contributed by atoms with van der Waals surface area (Å²) in [5, 5.41) is 0. The summed E-state index contributed by atoms with van der Waals surface area (Å²) in [5.74, 6) is 0. The van der Waals surface area contributed by atoms with Gasteiger partial charge in [0, 0.05) is 6.61 Å². The first-order valence-corrected chi connectivity index (χ1v) is 18.4. The maximum absolute atomic E-state index is 6.37. The zero-order chi connectivity index (χ0) is 16.7. The topological polar surface area (TPSA) is 12.5 Å². The molecular weight excluding hydrogens is 306 g/mol. The predicted octanol–water partition coefficient (Wildman–Crippen LogP) is 5.76. The third-order valence-corrected chi connectivity index (χ3v) is 16.9. The molecule has 0 saturated heterocycles. The van der Waals surface area contributed by atoms with E-state index in [4.69, 9.17) is 4.43 Å². The van der Waals surface area contributed by atoms with E-state index in [-0.39, 0.29) is 0 Å². The van der Waals surface area contributed by atoms with Crippen LogP contribution in [-0.2, 0) is 4.43 Å². The average molecular weight is 348 g/mol. The lowest BCUT2D eigenvalue weighted by molar-refractivity contribution is 0.297. The Labute approximate surface area is 138 Å². The van der Waals surface area contributed by atoms with E-state index in [1.54, 1.807) is 0 Å². The molecule has 0 spiro atoms. The highest BCUT2D eigenvalue weighted by atomic mass is 28.4. The molecule has 0 aliphatic heterocycles. The largest absolute Gasteiger partial charge is 0.417 e. The Bertz CT molecular complexity index is 266. The van der Waals surface area contributed by atoms with Crippen LogP contribution in [0, 0.1) is 0 Å². The minimum Gasteiger partial charge on any atom is -0.417 e. The second-order valence-corrected chi connectivity index (χ2v) is 23.1. The molecule has 0 rings (SSSR count). The van der Waals surface area contributed by atoms with Crippen LogP contribution in [0.25, 0.3) is 0 Å². The van der Waals surface area contributed by atoms with E-state index >= 15 is 0 Å². The van der Waals surface area contributed by atoms with E-state index in [0.29, 0.717) is 0 Å². The fraction of sp³-hybridized carbons (Fsp3) is 1.00. The first kappa shape index (κ1) is 21.6. The van der Waals surface area contributed by atoms with Gasteiger partial charge in [-0.3, -0.25) is 0 Å². The molecule has 0 N–H and O–H groups in total. The summed E-state index contributed by atoms with van der Waals surface area (Å²) in [4.78, 5) is 0. The number of hydrogen-bond donors (Lipinski definition) is 0. The minimum atomic E-state index is -1.45. The fourth-order valence-corrected chi connectivity index (χ4v) is 16.3. The van der Waals surface area contributed by atoms with Crippen molar-refractivity contribution in [2.45, 2.75) is 91.0 Å². The first-order valence-electron chi connectivity index (χ1n) is 8.94. The highest BCUT2D eigenvalue weighted by Gasteiger charge is 2.35. The molecule has 5 heteroatoms. The summed E-state index contributed by atoms with van der Waals surface area (Å²) in [7, 11) is -3.83. The van der Waals surface area contributed by atoms with Gasteiger partial charge in [-0.1, -0.05) is 60.1 Å². The molecule has 0 radical (unpaired) electrons. The van der Waals surface area contributed by atoms with Gasteiger partial charge in [-0.05, 0) is 37.5 Å². The Morgan fingerprint density at radius 3 is 1.62 bits per heavy atom. The average Bonchev–Trinajstić information content (AvgIpc) is 2.35. The van der Waals surface area contributed by atoms with Crippen molar-refractivity contribution in [3.05, 3.63) is 0 Å². The molecule has 0 amide bonds. The Morgan fingerprint density at radius 1 is 0.810 bits per heavy atom. The summed E-state index contributed by atoms with van der Waals surface area (Å²) in [6.07, 6.45) is 2.50. The van der Waals surface area contributed by atoms with Crippen LogP contribution in [0.3, 0.4) is 0 Å². The smallest absolute Gasteiger partial charge is 0.192 e. The van der Waals surface area contributed by atoms with E-state index in [1.165, 1.54) is 31.1 Å². The maximum atomic E-state index is 6.37. The van der Waals surface area contributed by atoms with E-state index in [2.05, 4.69) is 64.3 Å². The van der Waals surface area contributed by atoms with Crippen molar-refractivity contribution in [3.63, 3.8) is 0 Å². The lowest BCUT2D eigenvalue weighted by Crippen LogP contribution is -2.59. The van der Waals surface area contributed by atoms with Gasteiger partial charge in [0.15, 0.2) is 8.32 Å². The van der Waals surface area contributed by atoms with Crippen molar-refractivity contribution in [1.82, 2.24) is 4.23 Å². The van der Waals surface area contributed by atoms with Crippen molar-refractivity contribution in [2.75, 3.05) is 13.2 Å². The molecule has 0 bridgehead atoms. The molecule has 2 nitrogen and oxygen atoms in total. The molecule has 21 heavy (non-hydrogen) atoms. The second kappa shape index (κ2) is 9.01. The lowest BCUT2D eigenvalue weighted by atomic mass is 10.5. The zero-order valence-electron chi connectivity index (χ0n) is 16.3. The molecule has 0 aromatic rings. The van der Waals surface area contributed by atoms with Gasteiger partial charge in [-0.2, -0.15) is 0 Å². The molecule has 0 aromatic carbocycles. The van der Waals surface area contributed by atoms with Crippen LogP contribution in [0.4, 0.5) is 0 Å². The Kier molecular flexibility index (Phi) is 9.26. The predicted molar refractivity (Wildman–Crippen MR) is 106 cm³/mol. The number of hydrogen-bond acceptors (Lipinski definition) is 2. The normalized spacial score (nSPS) is 14.0. The van der Waals surface area contributed by atoms with Crippen LogP contribution in [-0.4, -0.2) is 42.2 Å². The SMILES string of the molecule is CCCO[Si](CC)(CC)CCCN([Si](C)(C)C)[Si](C)(C)C. The molecule has 0 aliphatic rings. The summed E-state index contributed by atoms with van der Waals surface area (Å²) in [6.45, 7) is 24.2. The van der Waals surface area contributed by atoms with Crippen LogP contribution in [0.2, 0.25) is 57.4 Å². The molecule has 0 unspecified atom stereocenters. The summed E-state index contributed by atoms with van der Waals surface area (Å²) < 4.78 is 9.29. The number of rotatable bonds is 11. The van der Waals surface area contributed by atoms with Crippen LogP contribution in [0.5, 0.6) is 0 Å². The van der Waals surface area contributed by atoms with Crippen LogP contribution >= 0.6 is 0 Å². The maximum Gasteiger partial charge on any atom is 0.192 e. The summed E-state index contributed by atoms with van der Waals surface area (Å²) in [5.41, 5.74) is 0. The molecule has 0 atom stereocenters. The van der Waals surface area contributed by atoms with Gasteiger partial charge in [-0.25, -0.2) is 0 Å². The first-order chi connectivity index (χ1) is 9.52. The third-order valence-electron chi connectivity index (χ3n) is 4.53. The third kappa shape index (κ3) is 7.59. The fourth-order valence-electron chi connectivity index (χ4n) is 3.43. The van der Waals surface area contributed by atoms with E-state index in [9.17, 15) is 0 Å². The Hall–Kier alpha value is 0.571. The highest BCUT2D eigenvalue weighted by Crippen LogP contribution is 2.26. The van der Waals surface area contributed by atoms with Crippen molar-refractivity contribution in [2.24, 2.45) is 0 Å². The van der Waals surface area contributed by atoms with Crippen LogP contribution < -0.4 is 0 Å². The highest BCUT2D eigenvalue weighted by molar-refractivity contribution is 6.89. The monoisotopic (exact) mass is 347 g/mol. The zero-order valence-corrected chi connectivity index (χ0v) is 19.3. The number of nitrogens with zero attached hydrogens (tertiary/aromatic N) is 1. The second-order valence-electron chi connectivity index (χ2n) is 8.34. The van der Waals surface area contributed by atoms with Crippen molar-refractivity contribution >= 4 is 24.8 Å². The van der Waals surface area contributed by atoms with E-state index < -0.39 is 24.8 Å². The summed E-state index contributed by atoms with van der Waals surface area (Å²) in [6, 6.07) is 3.91. The van der Waals surface area contributed by atoms with Crippen LogP contribution in [0.1, 0.15) is 33.6 Å². The quantitative estimate of drug-likeness (QED) is 0.440. The molecule has 0 aromatic heterocycles. The van der Waals surface area contributed by atoms with Gasteiger partial charge in [0.2, 0.25) is 0 Å². The molecule has 0 aliphatic carbocycles. The van der Waals surface area contributed by atoms with Gasteiger partial charge in [0.1, 0.15) is 16.5 Å². The molecule has 128 valence electrons. The Balaban J connectivity index is 4.66. The van der Waals surface area contributed by atoms with Gasteiger partial charge in [0.05, 0.1) is 0 Å². The Morgan fingerprint density at radius 2 is 1.29 bits per heavy atom.